The number of hydrogen-bond donors (Lipinski definition) is 7. The van der Waals surface area contributed by atoms with E-state index in [1.54, 1.807) is 27.7 Å². The summed E-state index contributed by atoms with van der Waals surface area (Å²) in [5.41, 5.74) is 15.9. The summed E-state index contributed by atoms with van der Waals surface area (Å²) < 4.78 is 0. The predicted molar refractivity (Wildman–Crippen MR) is 123 cm³/mol. The third-order valence-corrected chi connectivity index (χ3v) is 5.37. The van der Waals surface area contributed by atoms with Crippen molar-refractivity contribution in [1.82, 2.24) is 16.0 Å². The SMILES string of the molecule is CCC(C)C(NC(=O)C(NC(=O)C(CCC(N)=O)NC(=O)C(N)CCC(N)=O)C(C)C)C(=O)O. The second kappa shape index (κ2) is 14.8. The van der Waals surface area contributed by atoms with Crippen LogP contribution in [-0.4, -0.2) is 64.8 Å². The maximum absolute atomic E-state index is 12.9. The Kier molecular flexibility index (Phi) is 13.4. The number of amides is 5. The van der Waals surface area contributed by atoms with Gasteiger partial charge in [0, 0.05) is 12.8 Å². The molecule has 0 heterocycles. The van der Waals surface area contributed by atoms with Gasteiger partial charge >= 0.3 is 5.97 Å². The Labute approximate surface area is 198 Å². The first-order valence-corrected chi connectivity index (χ1v) is 11.2. The Hall–Kier alpha value is -3.22. The second-order valence-electron chi connectivity index (χ2n) is 8.62. The monoisotopic (exact) mass is 486 g/mol. The average molecular weight is 487 g/mol. The van der Waals surface area contributed by atoms with Gasteiger partial charge in [-0.3, -0.25) is 24.0 Å². The fourth-order valence-corrected chi connectivity index (χ4v) is 2.98. The van der Waals surface area contributed by atoms with Gasteiger partial charge in [0.2, 0.25) is 29.5 Å². The highest BCUT2D eigenvalue weighted by atomic mass is 16.4. The largest absolute Gasteiger partial charge is 0.480 e. The minimum atomic E-state index is -1.25. The lowest BCUT2D eigenvalue weighted by Gasteiger charge is -2.28. The van der Waals surface area contributed by atoms with Crippen LogP contribution in [0.15, 0.2) is 0 Å². The highest BCUT2D eigenvalue weighted by Crippen LogP contribution is 2.11. The average Bonchev–Trinajstić information content (AvgIpc) is 2.74. The number of hydrogen-bond acceptors (Lipinski definition) is 7. The fourth-order valence-electron chi connectivity index (χ4n) is 2.98. The molecule has 0 rings (SSSR count). The van der Waals surface area contributed by atoms with E-state index in [-0.39, 0.29) is 31.6 Å². The Bertz CT molecular complexity index is 758. The van der Waals surface area contributed by atoms with Crippen LogP contribution in [-0.2, 0) is 28.8 Å². The van der Waals surface area contributed by atoms with Gasteiger partial charge in [0.15, 0.2) is 0 Å². The summed E-state index contributed by atoms with van der Waals surface area (Å²) in [6.45, 7) is 6.77. The van der Waals surface area contributed by atoms with Gasteiger partial charge in [-0.2, -0.15) is 0 Å². The van der Waals surface area contributed by atoms with Crippen molar-refractivity contribution in [2.24, 2.45) is 29.0 Å². The van der Waals surface area contributed by atoms with Crippen molar-refractivity contribution >= 4 is 35.5 Å². The van der Waals surface area contributed by atoms with Gasteiger partial charge in [-0.15, -0.1) is 0 Å². The fraction of sp³-hybridized carbons (Fsp3) is 0.714. The lowest BCUT2D eigenvalue weighted by molar-refractivity contribution is -0.144. The Balaban J connectivity index is 5.51. The molecule has 0 saturated heterocycles. The normalized spacial score (nSPS) is 15.4. The van der Waals surface area contributed by atoms with E-state index in [4.69, 9.17) is 17.2 Å². The third-order valence-electron chi connectivity index (χ3n) is 5.37. The van der Waals surface area contributed by atoms with Crippen LogP contribution in [0.25, 0.3) is 0 Å². The molecule has 5 unspecified atom stereocenters. The van der Waals surface area contributed by atoms with Crippen LogP contribution in [0.5, 0.6) is 0 Å². The lowest BCUT2D eigenvalue weighted by Crippen LogP contribution is -2.59. The second-order valence-corrected chi connectivity index (χ2v) is 8.62. The summed E-state index contributed by atoms with van der Waals surface area (Å²) >= 11 is 0. The van der Waals surface area contributed by atoms with Gasteiger partial charge in [-0.1, -0.05) is 34.1 Å². The molecule has 5 amide bonds. The van der Waals surface area contributed by atoms with Crippen molar-refractivity contribution in [3.63, 3.8) is 0 Å². The molecule has 0 aromatic heterocycles. The summed E-state index contributed by atoms with van der Waals surface area (Å²) in [4.78, 5) is 71.8. The molecule has 34 heavy (non-hydrogen) atoms. The quantitative estimate of drug-likeness (QED) is 0.129. The smallest absolute Gasteiger partial charge is 0.326 e. The van der Waals surface area contributed by atoms with E-state index in [1.165, 1.54) is 0 Å². The third kappa shape index (κ3) is 11.1. The van der Waals surface area contributed by atoms with Crippen LogP contribution in [0.3, 0.4) is 0 Å². The summed E-state index contributed by atoms with van der Waals surface area (Å²) in [6.07, 6.45) is -0.0694. The highest BCUT2D eigenvalue weighted by molar-refractivity contribution is 5.94. The number of primary amides is 2. The van der Waals surface area contributed by atoms with Crippen molar-refractivity contribution in [1.29, 1.82) is 0 Å². The van der Waals surface area contributed by atoms with Crippen LogP contribution in [0.4, 0.5) is 0 Å². The Morgan fingerprint density at radius 3 is 1.71 bits per heavy atom. The molecule has 0 fully saturated rings. The standard InChI is InChI=1S/C21H38N6O7/c1-5-11(4)17(21(33)34)27-20(32)16(10(2)3)26-19(31)13(7-9-15(24)29)25-18(30)12(22)6-8-14(23)28/h10-13,16-17H,5-9,22H2,1-4H3,(H2,23,28)(H2,24,29)(H,25,30)(H,26,31)(H,27,32)(H,33,34). The molecule has 0 aliphatic heterocycles. The molecule has 0 saturated carbocycles. The number of rotatable bonds is 16. The predicted octanol–water partition coefficient (Wildman–Crippen LogP) is -1.91. The number of aliphatic carboxylic acids is 1. The molecule has 0 radical (unpaired) electrons. The molecule has 10 N–H and O–H groups in total. The van der Waals surface area contributed by atoms with Gasteiger partial charge in [0.1, 0.15) is 18.1 Å². The zero-order chi connectivity index (χ0) is 26.6. The first-order chi connectivity index (χ1) is 15.7. The number of nitrogens with two attached hydrogens (primary N) is 3. The first-order valence-electron chi connectivity index (χ1n) is 11.2. The van der Waals surface area contributed by atoms with Gasteiger partial charge in [0.25, 0.3) is 0 Å². The Morgan fingerprint density at radius 1 is 0.765 bits per heavy atom. The molecular formula is C21H38N6O7. The summed E-state index contributed by atoms with van der Waals surface area (Å²) in [6, 6.07) is -4.65. The molecule has 0 aliphatic carbocycles. The van der Waals surface area contributed by atoms with Gasteiger partial charge in [0.05, 0.1) is 6.04 Å². The molecule has 0 spiro atoms. The molecular weight excluding hydrogens is 448 g/mol. The van der Waals surface area contributed by atoms with Crippen LogP contribution >= 0.6 is 0 Å². The molecule has 13 nitrogen and oxygen atoms in total. The van der Waals surface area contributed by atoms with Crippen molar-refractivity contribution in [3.8, 4) is 0 Å². The minimum absolute atomic E-state index is 0.0471. The topological polar surface area (TPSA) is 237 Å². The van der Waals surface area contributed by atoms with E-state index in [0.717, 1.165) is 0 Å². The highest BCUT2D eigenvalue weighted by Gasteiger charge is 2.33. The lowest BCUT2D eigenvalue weighted by atomic mass is 9.97. The van der Waals surface area contributed by atoms with Crippen LogP contribution in [0.2, 0.25) is 0 Å². The molecule has 0 aliphatic rings. The number of carbonyl (C=O) groups excluding carboxylic acids is 5. The van der Waals surface area contributed by atoms with Crippen LogP contribution in [0.1, 0.15) is 59.8 Å². The molecule has 194 valence electrons. The zero-order valence-corrected chi connectivity index (χ0v) is 20.1. The molecule has 5 atom stereocenters. The van der Waals surface area contributed by atoms with Crippen LogP contribution in [0, 0.1) is 11.8 Å². The Morgan fingerprint density at radius 2 is 1.26 bits per heavy atom. The van der Waals surface area contributed by atoms with Crippen molar-refractivity contribution in [2.75, 3.05) is 0 Å². The number of carbonyl (C=O) groups is 6. The molecule has 0 bridgehead atoms. The van der Waals surface area contributed by atoms with Crippen molar-refractivity contribution in [2.45, 2.75) is 84.0 Å². The maximum Gasteiger partial charge on any atom is 0.326 e. The van der Waals surface area contributed by atoms with E-state index in [0.29, 0.717) is 6.42 Å². The molecule has 0 aromatic carbocycles. The van der Waals surface area contributed by atoms with E-state index in [9.17, 15) is 33.9 Å². The first kappa shape index (κ1) is 30.8. The van der Waals surface area contributed by atoms with Crippen LogP contribution < -0.4 is 33.2 Å². The summed E-state index contributed by atoms with van der Waals surface area (Å²) in [7, 11) is 0. The van der Waals surface area contributed by atoms with Crippen molar-refractivity contribution in [3.05, 3.63) is 0 Å². The van der Waals surface area contributed by atoms with E-state index < -0.39 is 65.6 Å². The maximum atomic E-state index is 12.9. The van der Waals surface area contributed by atoms with Crippen molar-refractivity contribution < 1.29 is 33.9 Å². The molecule has 13 heteroatoms. The zero-order valence-electron chi connectivity index (χ0n) is 20.1. The molecule has 0 aromatic rings. The van der Waals surface area contributed by atoms with E-state index >= 15 is 0 Å². The number of carboxylic acids is 1. The minimum Gasteiger partial charge on any atom is -0.480 e. The number of nitrogens with one attached hydrogen (secondary N) is 3. The van der Waals surface area contributed by atoms with Gasteiger partial charge in [-0.05, 0) is 24.7 Å². The van der Waals surface area contributed by atoms with E-state index in [1.807, 2.05) is 0 Å². The number of carboxylic acid groups (broad SMARTS) is 1. The summed E-state index contributed by atoms with van der Waals surface area (Å²) in [5, 5.41) is 16.8. The summed E-state index contributed by atoms with van der Waals surface area (Å²) in [5.74, 6) is -5.56. The van der Waals surface area contributed by atoms with E-state index in [2.05, 4.69) is 16.0 Å². The van der Waals surface area contributed by atoms with Gasteiger partial charge < -0.3 is 38.3 Å². The van der Waals surface area contributed by atoms with Gasteiger partial charge in [-0.25, -0.2) is 4.79 Å².